The van der Waals surface area contributed by atoms with Gasteiger partial charge in [0.25, 0.3) is 0 Å². The summed E-state index contributed by atoms with van der Waals surface area (Å²) in [4.78, 5) is 10.3. The lowest BCUT2D eigenvalue weighted by Gasteiger charge is -2.36. The van der Waals surface area contributed by atoms with Crippen LogP contribution >= 0.6 is 0 Å². The molecule has 1 spiro atoms. The number of nitriles is 1. The van der Waals surface area contributed by atoms with Crippen LogP contribution in [0.1, 0.15) is 48.8 Å². The first-order valence-corrected chi connectivity index (χ1v) is 15.5. The number of nitrogens with zero attached hydrogens (tertiary/aromatic N) is 3. The van der Waals surface area contributed by atoms with Gasteiger partial charge in [0.2, 0.25) is 0 Å². The Bertz CT molecular complexity index is 1990. The Hall–Kier alpha value is -5.33. The minimum Gasteiger partial charge on any atom is -0.228 e. The van der Waals surface area contributed by atoms with E-state index in [1.165, 1.54) is 47.1 Å². The highest BCUT2D eigenvalue weighted by atomic mass is 14.9. The van der Waals surface area contributed by atoms with E-state index in [9.17, 15) is 5.26 Å². The Balaban J connectivity index is 1.30. The van der Waals surface area contributed by atoms with Crippen molar-refractivity contribution in [2.45, 2.75) is 37.5 Å². The summed E-state index contributed by atoms with van der Waals surface area (Å²) < 4.78 is 0. The first-order valence-electron chi connectivity index (χ1n) is 15.5. The molecule has 0 saturated heterocycles. The molecule has 0 amide bonds. The quantitative estimate of drug-likeness (QED) is 0.214. The molecule has 8 rings (SSSR count). The van der Waals surface area contributed by atoms with Crippen molar-refractivity contribution in [1.82, 2.24) is 9.97 Å². The Morgan fingerprint density at radius 2 is 1.07 bits per heavy atom. The van der Waals surface area contributed by atoms with Crippen LogP contribution in [0.3, 0.4) is 0 Å². The largest absolute Gasteiger partial charge is 0.228 e. The predicted octanol–water partition coefficient (Wildman–Crippen LogP) is 10.2. The molecule has 6 aromatic rings. The minimum atomic E-state index is -0.0368. The van der Waals surface area contributed by atoms with Crippen LogP contribution in [0.15, 0.2) is 127 Å². The third kappa shape index (κ3) is 4.34. The molecule has 2 aliphatic rings. The van der Waals surface area contributed by atoms with Gasteiger partial charge in [0.1, 0.15) is 0 Å². The first kappa shape index (κ1) is 26.3. The van der Waals surface area contributed by atoms with E-state index in [1.807, 2.05) is 18.2 Å². The zero-order valence-electron chi connectivity index (χ0n) is 24.5. The second-order valence-corrected chi connectivity index (χ2v) is 12.0. The van der Waals surface area contributed by atoms with Crippen molar-refractivity contribution in [3.8, 4) is 62.2 Å². The Morgan fingerprint density at radius 3 is 1.70 bits per heavy atom. The van der Waals surface area contributed by atoms with Crippen molar-refractivity contribution in [3.63, 3.8) is 0 Å². The van der Waals surface area contributed by atoms with Gasteiger partial charge < -0.3 is 0 Å². The van der Waals surface area contributed by atoms with Crippen molar-refractivity contribution in [2.24, 2.45) is 0 Å². The lowest BCUT2D eigenvalue weighted by Crippen LogP contribution is -2.28. The van der Waals surface area contributed by atoms with Gasteiger partial charge >= 0.3 is 0 Å². The van der Waals surface area contributed by atoms with Gasteiger partial charge in [0.15, 0.2) is 5.82 Å². The van der Waals surface area contributed by atoms with Crippen LogP contribution in [-0.4, -0.2) is 9.97 Å². The van der Waals surface area contributed by atoms with Gasteiger partial charge in [0.05, 0.1) is 23.0 Å². The lowest BCUT2D eigenvalue weighted by molar-refractivity contribution is 0.353. The predicted molar refractivity (Wildman–Crippen MR) is 178 cm³/mol. The summed E-state index contributed by atoms with van der Waals surface area (Å²) in [5, 5.41) is 9.73. The van der Waals surface area contributed by atoms with E-state index in [1.54, 1.807) is 0 Å². The number of fused-ring (bicyclic) bond motifs is 5. The Labute approximate surface area is 258 Å². The van der Waals surface area contributed by atoms with Crippen molar-refractivity contribution >= 4 is 0 Å². The number of aromatic nitrogens is 2. The molecule has 44 heavy (non-hydrogen) atoms. The summed E-state index contributed by atoms with van der Waals surface area (Å²) in [6, 6.07) is 46.9. The molecule has 1 aromatic heterocycles. The molecule has 0 N–H and O–H groups in total. The number of hydrogen-bond acceptors (Lipinski definition) is 3. The summed E-state index contributed by atoms with van der Waals surface area (Å²) in [5.74, 6) is 0.718. The Kier molecular flexibility index (Phi) is 6.42. The van der Waals surface area contributed by atoms with Crippen LogP contribution in [0.2, 0.25) is 0 Å². The molecular weight excluding hydrogens is 534 g/mol. The molecule has 0 atom stereocenters. The highest BCUT2D eigenvalue weighted by Crippen LogP contribution is 2.56. The van der Waals surface area contributed by atoms with Gasteiger partial charge in [0, 0.05) is 22.1 Å². The van der Waals surface area contributed by atoms with Crippen molar-refractivity contribution < 1.29 is 0 Å². The van der Waals surface area contributed by atoms with Gasteiger partial charge in [-0.2, -0.15) is 5.26 Å². The molecule has 210 valence electrons. The smallest absolute Gasteiger partial charge is 0.161 e. The minimum absolute atomic E-state index is 0.0368. The van der Waals surface area contributed by atoms with Crippen LogP contribution in [0.25, 0.3) is 56.2 Å². The topological polar surface area (TPSA) is 49.6 Å². The van der Waals surface area contributed by atoms with Crippen LogP contribution in [0.5, 0.6) is 0 Å². The van der Waals surface area contributed by atoms with Crippen molar-refractivity contribution in [1.29, 1.82) is 5.26 Å². The number of hydrogen-bond donors (Lipinski definition) is 0. The maximum atomic E-state index is 9.73. The SMILES string of the molecule is N#Cc1ccc2c(c1)C1(CCCCC1)c1cc(-c3ccccc3-c3nc(-c4ccccc4)cc(-c4ccccc4)n3)ccc1-2. The fraction of sp³-hybridized carbons (Fsp3) is 0.146. The molecule has 1 heterocycles. The maximum absolute atomic E-state index is 9.73. The summed E-state index contributed by atoms with van der Waals surface area (Å²) in [5.41, 5.74) is 13.3. The van der Waals surface area contributed by atoms with E-state index in [2.05, 4.69) is 115 Å². The summed E-state index contributed by atoms with van der Waals surface area (Å²) in [6.07, 6.45) is 5.93. The van der Waals surface area contributed by atoms with Crippen LogP contribution in [0, 0.1) is 11.3 Å². The van der Waals surface area contributed by atoms with E-state index >= 15 is 0 Å². The fourth-order valence-electron chi connectivity index (χ4n) is 7.44. The molecule has 5 aromatic carbocycles. The first-order chi connectivity index (χ1) is 21.7. The monoisotopic (exact) mass is 565 g/mol. The van der Waals surface area contributed by atoms with Crippen LogP contribution < -0.4 is 0 Å². The van der Waals surface area contributed by atoms with Crippen molar-refractivity contribution in [2.75, 3.05) is 0 Å². The summed E-state index contributed by atoms with van der Waals surface area (Å²) >= 11 is 0. The maximum Gasteiger partial charge on any atom is 0.161 e. The van der Waals surface area contributed by atoms with Crippen molar-refractivity contribution in [3.05, 3.63) is 144 Å². The average molecular weight is 566 g/mol. The highest BCUT2D eigenvalue weighted by molar-refractivity contribution is 5.88. The van der Waals surface area contributed by atoms with Gasteiger partial charge in [-0.15, -0.1) is 0 Å². The van der Waals surface area contributed by atoms with Gasteiger partial charge in [-0.3, -0.25) is 0 Å². The third-order valence-electron chi connectivity index (χ3n) is 9.54. The normalized spacial score (nSPS) is 14.5. The Morgan fingerprint density at radius 1 is 0.500 bits per heavy atom. The second-order valence-electron chi connectivity index (χ2n) is 12.0. The summed E-state index contributed by atoms with van der Waals surface area (Å²) in [6.45, 7) is 0. The molecule has 1 fully saturated rings. The lowest BCUT2D eigenvalue weighted by atomic mass is 9.67. The van der Waals surface area contributed by atoms with Crippen LogP contribution in [-0.2, 0) is 5.41 Å². The molecule has 0 unspecified atom stereocenters. The van der Waals surface area contributed by atoms with Gasteiger partial charge in [-0.05, 0) is 70.5 Å². The van der Waals surface area contributed by atoms with E-state index in [4.69, 9.17) is 9.97 Å². The second kappa shape index (κ2) is 10.7. The van der Waals surface area contributed by atoms with E-state index in [0.29, 0.717) is 0 Å². The van der Waals surface area contributed by atoms with Gasteiger partial charge in [-0.25, -0.2) is 9.97 Å². The molecule has 2 aliphatic carbocycles. The standard InChI is InChI=1S/C41H31N3/c42-27-28-18-20-33-34-21-19-31(25-37(34)41(36(33)24-28)22-10-3-11-23-41)32-16-8-9-17-35(32)40-43-38(29-12-4-1-5-13-29)26-39(44-40)30-14-6-2-7-15-30/h1-2,4-9,12-21,24-26H,3,10-11,22-23H2. The number of benzene rings is 5. The number of rotatable bonds is 4. The zero-order valence-corrected chi connectivity index (χ0v) is 24.5. The van der Waals surface area contributed by atoms with E-state index in [0.717, 1.165) is 57.9 Å². The average Bonchev–Trinajstić information content (AvgIpc) is 3.36. The molecule has 0 radical (unpaired) electrons. The van der Waals surface area contributed by atoms with E-state index < -0.39 is 0 Å². The molecular formula is C41H31N3. The molecule has 3 nitrogen and oxygen atoms in total. The van der Waals surface area contributed by atoms with Crippen LogP contribution in [0.4, 0.5) is 0 Å². The molecule has 1 saturated carbocycles. The third-order valence-corrected chi connectivity index (χ3v) is 9.54. The molecule has 0 aliphatic heterocycles. The zero-order chi connectivity index (χ0) is 29.5. The van der Waals surface area contributed by atoms with E-state index in [-0.39, 0.29) is 5.41 Å². The molecule has 3 heteroatoms. The highest BCUT2D eigenvalue weighted by Gasteiger charge is 2.44. The molecule has 0 bridgehead atoms. The summed E-state index contributed by atoms with van der Waals surface area (Å²) in [7, 11) is 0. The van der Waals surface area contributed by atoms with Gasteiger partial charge in [-0.1, -0.05) is 122 Å². The fourth-order valence-corrected chi connectivity index (χ4v) is 7.44.